The third kappa shape index (κ3) is 3.77. The molecule has 0 aromatic carbocycles. The zero-order valence-electron chi connectivity index (χ0n) is 15.0. The topological polar surface area (TPSA) is 47.0 Å². The van der Waals surface area contributed by atoms with E-state index in [1.807, 2.05) is 16.3 Å². The van der Waals surface area contributed by atoms with Crippen LogP contribution in [0.4, 0.5) is 0 Å². The molecule has 1 saturated carbocycles. The van der Waals surface area contributed by atoms with Gasteiger partial charge < -0.3 is 14.9 Å². The van der Waals surface area contributed by atoms with E-state index in [0.29, 0.717) is 18.3 Å². The Morgan fingerprint density at radius 1 is 1.20 bits per heavy atom. The van der Waals surface area contributed by atoms with Crippen LogP contribution >= 0.6 is 11.3 Å². The Hall–Kier alpha value is -0.950. The number of aliphatic hydroxyl groups excluding tert-OH is 1. The third-order valence-corrected chi connectivity index (χ3v) is 7.14. The van der Waals surface area contributed by atoms with Crippen molar-refractivity contribution in [2.24, 2.45) is 11.8 Å². The second kappa shape index (κ2) is 7.35. The quantitative estimate of drug-likeness (QED) is 0.875. The van der Waals surface area contributed by atoms with Gasteiger partial charge in [-0.05, 0) is 54.1 Å². The van der Waals surface area contributed by atoms with Crippen LogP contribution in [0, 0.1) is 11.8 Å². The highest BCUT2D eigenvalue weighted by atomic mass is 32.1. The molecule has 0 bridgehead atoms. The number of carbonyl (C=O) groups excluding carboxylic acids is 1. The largest absolute Gasteiger partial charge is 0.391 e. The first-order valence-corrected chi connectivity index (χ1v) is 10.4. The normalized spacial score (nSPS) is 34.2. The van der Waals surface area contributed by atoms with Crippen molar-refractivity contribution >= 4 is 17.2 Å². The van der Waals surface area contributed by atoms with E-state index >= 15 is 0 Å². The van der Waals surface area contributed by atoms with E-state index in [1.54, 1.807) is 11.3 Å². The van der Waals surface area contributed by atoms with Crippen LogP contribution in [0.25, 0.3) is 0 Å². The maximum Gasteiger partial charge on any atom is 0.227 e. The van der Waals surface area contributed by atoms with Crippen LogP contribution in [0.1, 0.15) is 18.4 Å². The van der Waals surface area contributed by atoms with Crippen LogP contribution < -0.4 is 0 Å². The molecule has 25 heavy (non-hydrogen) atoms. The molecule has 0 spiro atoms. The van der Waals surface area contributed by atoms with E-state index < -0.39 is 0 Å². The fourth-order valence-electron chi connectivity index (χ4n) is 4.84. The summed E-state index contributed by atoms with van der Waals surface area (Å²) in [5, 5.41) is 14.8. The van der Waals surface area contributed by atoms with E-state index in [9.17, 15) is 9.90 Å². The van der Waals surface area contributed by atoms with E-state index in [0.717, 1.165) is 57.7 Å². The molecule has 4 rings (SSSR count). The van der Waals surface area contributed by atoms with Crippen molar-refractivity contribution in [3.05, 3.63) is 22.4 Å². The predicted octanol–water partition coefficient (Wildman–Crippen LogP) is 1.14. The molecule has 1 aromatic rings. The molecule has 1 aromatic heterocycles. The van der Waals surface area contributed by atoms with E-state index in [4.69, 9.17) is 0 Å². The molecule has 2 aliphatic heterocycles. The molecule has 3 heterocycles. The Bertz CT molecular complexity index is 585. The molecule has 138 valence electrons. The van der Waals surface area contributed by atoms with Crippen LogP contribution in [0.15, 0.2) is 16.8 Å². The van der Waals surface area contributed by atoms with E-state index in [2.05, 4.69) is 22.2 Å². The van der Waals surface area contributed by atoms with Crippen LogP contribution in [-0.2, 0) is 11.2 Å². The first-order valence-electron chi connectivity index (χ1n) is 9.49. The lowest BCUT2D eigenvalue weighted by Gasteiger charge is -2.44. The lowest BCUT2D eigenvalue weighted by Crippen LogP contribution is -2.55. The minimum Gasteiger partial charge on any atom is -0.391 e. The van der Waals surface area contributed by atoms with Gasteiger partial charge in [-0.15, -0.1) is 0 Å². The Morgan fingerprint density at radius 3 is 2.60 bits per heavy atom. The minimum atomic E-state index is -0.239. The van der Waals surface area contributed by atoms with Crippen molar-refractivity contribution in [3.8, 4) is 0 Å². The lowest BCUT2D eigenvalue weighted by atomic mass is 9.77. The number of amides is 1. The monoisotopic (exact) mass is 363 g/mol. The van der Waals surface area contributed by atoms with Gasteiger partial charge in [-0.1, -0.05) is 0 Å². The van der Waals surface area contributed by atoms with Crippen molar-refractivity contribution in [2.45, 2.75) is 31.4 Å². The average Bonchev–Trinajstić information content (AvgIpc) is 3.24. The third-order valence-electron chi connectivity index (χ3n) is 6.40. The van der Waals surface area contributed by atoms with Gasteiger partial charge in [0.05, 0.1) is 12.5 Å². The fraction of sp³-hybridized carbons (Fsp3) is 0.737. The molecule has 3 fully saturated rings. The molecule has 6 heteroatoms. The summed E-state index contributed by atoms with van der Waals surface area (Å²) in [4.78, 5) is 19.5. The molecule has 1 N–H and O–H groups in total. The number of likely N-dealkylation sites (N-methyl/N-ethyl adjacent to an activating group) is 1. The summed E-state index contributed by atoms with van der Waals surface area (Å²) in [5.41, 5.74) is 1.13. The van der Waals surface area contributed by atoms with Crippen LogP contribution in [-0.4, -0.2) is 84.2 Å². The van der Waals surface area contributed by atoms with Gasteiger partial charge in [0.2, 0.25) is 5.91 Å². The highest BCUT2D eigenvalue weighted by Gasteiger charge is 2.44. The van der Waals surface area contributed by atoms with Gasteiger partial charge in [-0.2, -0.15) is 11.3 Å². The highest BCUT2D eigenvalue weighted by molar-refractivity contribution is 7.08. The molecule has 1 aliphatic carbocycles. The number of hydrogen-bond acceptors (Lipinski definition) is 5. The fourth-order valence-corrected chi connectivity index (χ4v) is 5.51. The summed E-state index contributed by atoms with van der Waals surface area (Å²) in [6, 6.07) is 2.32. The SMILES string of the molecule is CN1CCN([C@@H]2C[C@@H]3CN(C(=O)Cc4ccsc4)C[C@@H]3C[C@H]2O)CC1. The molecule has 3 aliphatic rings. The Kier molecular flexibility index (Phi) is 5.13. The van der Waals surface area contributed by atoms with Gasteiger partial charge in [0.25, 0.3) is 0 Å². The first kappa shape index (κ1) is 17.5. The lowest BCUT2D eigenvalue weighted by molar-refractivity contribution is -0.129. The Labute approximate surface area is 154 Å². The number of rotatable bonds is 3. The maximum absolute atomic E-state index is 12.6. The minimum absolute atomic E-state index is 0.239. The smallest absolute Gasteiger partial charge is 0.227 e. The predicted molar refractivity (Wildman–Crippen MR) is 99.7 cm³/mol. The number of hydrogen-bond donors (Lipinski definition) is 1. The average molecular weight is 364 g/mol. The van der Waals surface area contributed by atoms with Crippen LogP contribution in [0.3, 0.4) is 0 Å². The van der Waals surface area contributed by atoms with Gasteiger partial charge in [0.15, 0.2) is 0 Å². The summed E-state index contributed by atoms with van der Waals surface area (Å²) >= 11 is 1.65. The summed E-state index contributed by atoms with van der Waals surface area (Å²) in [6.45, 7) is 5.99. The Balaban J connectivity index is 1.35. The number of nitrogens with zero attached hydrogens (tertiary/aromatic N) is 3. The van der Waals surface area contributed by atoms with Crippen molar-refractivity contribution < 1.29 is 9.90 Å². The number of thiophene rings is 1. The number of likely N-dealkylation sites (tertiary alicyclic amines) is 1. The first-order chi connectivity index (χ1) is 12.1. The zero-order valence-corrected chi connectivity index (χ0v) is 15.8. The molecule has 5 nitrogen and oxygen atoms in total. The number of aliphatic hydroxyl groups is 1. The number of fused-ring (bicyclic) bond motifs is 1. The summed E-state index contributed by atoms with van der Waals surface area (Å²) in [6.07, 6.45) is 2.17. The molecule has 2 saturated heterocycles. The summed E-state index contributed by atoms with van der Waals surface area (Å²) in [5.74, 6) is 1.28. The molecule has 0 radical (unpaired) electrons. The highest BCUT2D eigenvalue weighted by Crippen LogP contribution is 2.38. The standard InChI is InChI=1S/C19H29N3O2S/c1-20-3-5-21(6-4-20)17-9-15-11-22(12-16(15)10-18(17)23)19(24)8-14-2-7-25-13-14/h2,7,13,15-18,23H,3-6,8-12H2,1H3/t15-,16+,17-,18-/m1/s1. The van der Waals surface area contributed by atoms with Crippen molar-refractivity contribution in [1.29, 1.82) is 0 Å². The second-order valence-corrected chi connectivity index (χ2v) is 8.85. The van der Waals surface area contributed by atoms with Crippen molar-refractivity contribution in [1.82, 2.24) is 14.7 Å². The number of piperazine rings is 1. The van der Waals surface area contributed by atoms with Gasteiger partial charge in [0, 0.05) is 45.3 Å². The van der Waals surface area contributed by atoms with Crippen LogP contribution in [0.2, 0.25) is 0 Å². The van der Waals surface area contributed by atoms with Gasteiger partial charge >= 0.3 is 0 Å². The summed E-state index contributed by atoms with van der Waals surface area (Å²) in [7, 11) is 2.17. The second-order valence-electron chi connectivity index (χ2n) is 8.07. The molecule has 1 amide bonds. The molecule has 4 atom stereocenters. The van der Waals surface area contributed by atoms with Crippen molar-refractivity contribution in [3.63, 3.8) is 0 Å². The van der Waals surface area contributed by atoms with Gasteiger partial charge in [-0.25, -0.2) is 0 Å². The van der Waals surface area contributed by atoms with E-state index in [-0.39, 0.29) is 18.1 Å². The number of carbonyl (C=O) groups is 1. The van der Waals surface area contributed by atoms with Crippen LogP contribution in [0.5, 0.6) is 0 Å². The van der Waals surface area contributed by atoms with Crippen molar-refractivity contribution in [2.75, 3.05) is 46.3 Å². The van der Waals surface area contributed by atoms with Gasteiger partial charge in [0.1, 0.15) is 0 Å². The Morgan fingerprint density at radius 2 is 1.92 bits per heavy atom. The molecule has 0 unspecified atom stereocenters. The molecular formula is C19H29N3O2S. The summed E-state index contributed by atoms with van der Waals surface area (Å²) < 4.78 is 0. The zero-order chi connectivity index (χ0) is 17.4. The maximum atomic E-state index is 12.6. The van der Waals surface area contributed by atoms with E-state index in [1.165, 1.54) is 0 Å². The molecular weight excluding hydrogens is 334 g/mol. The van der Waals surface area contributed by atoms with Gasteiger partial charge in [-0.3, -0.25) is 9.69 Å².